The standard InChI is InChI=1S/C10H11N5O/c1-7-3-5-15(13-7)8-2-4-12-9(6-8)10(11)14-16/h2-6,16H,1H3,(H2,11,14). The molecule has 0 atom stereocenters. The van der Waals surface area contributed by atoms with Gasteiger partial charge in [0.05, 0.1) is 11.4 Å². The van der Waals surface area contributed by atoms with Gasteiger partial charge in [0.25, 0.3) is 0 Å². The third kappa shape index (κ3) is 1.85. The van der Waals surface area contributed by atoms with Crippen LogP contribution in [0.5, 0.6) is 0 Å². The van der Waals surface area contributed by atoms with E-state index in [0.29, 0.717) is 5.69 Å². The monoisotopic (exact) mass is 217 g/mol. The predicted molar refractivity (Wildman–Crippen MR) is 58.6 cm³/mol. The molecule has 3 N–H and O–H groups in total. The second kappa shape index (κ2) is 4.01. The first-order valence-corrected chi connectivity index (χ1v) is 4.67. The Morgan fingerprint density at radius 2 is 2.31 bits per heavy atom. The summed E-state index contributed by atoms with van der Waals surface area (Å²) in [6, 6.07) is 5.38. The summed E-state index contributed by atoms with van der Waals surface area (Å²) < 4.78 is 1.70. The van der Waals surface area contributed by atoms with Crippen LogP contribution in [0.3, 0.4) is 0 Å². The van der Waals surface area contributed by atoms with Gasteiger partial charge in [-0.05, 0) is 25.1 Å². The molecule has 6 nitrogen and oxygen atoms in total. The minimum Gasteiger partial charge on any atom is -0.409 e. The maximum absolute atomic E-state index is 8.55. The second-order valence-corrected chi connectivity index (χ2v) is 3.29. The van der Waals surface area contributed by atoms with Gasteiger partial charge in [-0.15, -0.1) is 0 Å². The van der Waals surface area contributed by atoms with E-state index in [1.807, 2.05) is 19.2 Å². The summed E-state index contributed by atoms with van der Waals surface area (Å²) in [7, 11) is 0. The topological polar surface area (TPSA) is 89.3 Å². The zero-order valence-electron chi connectivity index (χ0n) is 8.70. The molecule has 0 amide bonds. The van der Waals surface area contributed by atoms with Crippen LogP contribution in [-0.2, 0) is 0 Å². The molecule has 0 aromatic carbocycles. The molecule has 0 radical (unpaired) electrons. The molecule has 0 saturated carbocycles. The molecule has 0 saturated heterocycles. The van der Waals surface area contributed by atoms with E-state index in [9.17, 15) is 0 Å². The zero-order chi connectivity index (χ0) is 11.5. The summed E-state index contributed by atoms with van der Waals surface area (Å²) in [6.07, 6.45) is 3.42. The Hall–Kier alpha value is -2.37. The molecule has 2 heterocycles. The average Bonchev–Trinajstić information content (AvgIpc) is 2.75. The summed E-state index contributed by atoms with van der Waals surface area (Å²) in [4.78, 5) is 3.99. The van der Waals surface area contributed by atoms with Gasteiger partial charge in [-0.2, -0.15) is 5.10 Å². The molecule has 6 heteroatoms. The second-order valence-electron chi connectivity index (χ2n) is 3.29. The summed E-state index contributed by atoms with van der Waals surface area (Å²) in [5, 5.41) is 15.7. The summed E-state index contributed by atoms with van der Waals surface area (Å²) in [6.45, 7) is 1.90. The third-order valence-corrected chi connectivity index (χ3v) is 2.10. The predicted octanol–water partition coefficient (Wildman–Crippen LogP) is 0.670. The summed E-state index contributed by atoms with van der Waals surface area (Å²) in [5.74, 6) is -0.0225. The first-order valence-electron chi connectivity index (χ1n) is 4.67. The van der Waals surface area contributed by atoms with E-state index in [1.165, 1.54) is 0 Å². The highest BCUT2D eigenvalue weighted by Crippen LogP contribution is 2.08. The van der Waals surface area contributed by atoms with E-state index in [-0.39, 0.29) is 5.84 Å². The fraction of sp³-hybridized carbons (Fsp3) is 0.100. The molecule has 2 aromatic rings. The van der Waals surface area contributed by atoms with Crippen molar-refractivity contribution in [2.24, 2.45) is 10.9 Å². The number of oxime groups is 1. The van der Waals surface area contributed by atoms with Crippen LogP contribution < -0.4 is 5.73 Å². The van der Waals surface area contributed by atoms with Gasteiger partial charge in [-0.1, -0.05) is 5.16 Å². The molecule has 0 aliphatic heterocycles. The maximum Gasteiger partial charge on any atom is 0.188 e. The Labute approximate surface area is 92.0 Å². The van der Waals surface area contributed by atoms with Crippen LogP contribution >= 0.6 is 0 Å². The molecule has 0 bridgehead atoms. The van der Waals surface area contributed by atoms with Crippen molar-refractivity contribution >= 4 is 5.84 Å². The smallest absolute Gasteiger partial charge is 0.188 e. The van der Waals surface area contributed by atoms with Crippen molar-refractivity contribution in [3.63, 3.8) is 0 Å². The molecule has 82 valence electrons. The van der Waals surface area contributed by atoms with Crippen LogP contribution in [0.4, 0.5) is 0 Å². The van der Waals surface area contributed by atoms with Crippen molar-refractivity contribution in [3.8, 4) is 5.69 Å². The molecule has 2 rings (SSSR count). The number of aromatic nitrogens is 3. The van der Waals surface area contributed by atoms with Gasteiger partial charge in [0, 0.05) is 12.4 Å². The summed E-state index contributed by atoms with van der Waals surface area (Å²) >= 11 is 0. The van der Waals surface area contributed by atoms with Crippen molar-refractivity contribution in [2.45, 2.75) is 6.92 Å². The number of nitrogens with two attached hydrogens (primary N) is 1. The Morgan fingerprint density at radius 3 is 2.94 bits per heavy atom. The fourth-order valence-corrected chi connectivity index (χ4v) is 1.31. The first kappa shape index (κ1) is 10.2. The number of aryl methyl sites for hydroxylation is 1. The van der Waals surface area contributed by atoms with Gasteiger partial charge in [0.2, 0.25) is 0 Å². The lowest BCUT2D eigenvalue weighted by Gasteiger charge is -2.03. The maximum atomic E-state index is 8.55. The molecule has 0 fully saturated rings. The number of hydrogen-bond donors (Lipinski definition) is 2. The minimum absolute atomic E-state index is 0.0225. The van der Waals surface area contributed by atoms with Crippen LogP contribution in [-0.4, -0.2) is 25.8 Å². The molecule has 0 spiro atoms. The van der Waals surface area contributed by atoms with Gasteiger partial charge in [0.1, 0.15) is 5.69 Å². The van der Waals surface area contributed by atoms with E-state index >= 15 is 0 Å². The Kier molecular flexibility index (Phi) is 2.55. The Bertz CT molecular complexity index is 532. The molecular weight excluding hydrogens is 206 g/mol. The minimum atomic E-state index is -0.0225. The van der Waals surface area contributed by atoms with Gasteiger partial charge >= 0.3 is 0 Å². The summed E-state index contributed by atoms with van der Waals surface area (Å²) in [5.41, 5.74) is 7.59. The molecule has 0 unspecified atom stereocenters. The number of hydrogen-bond acceptors (Lipinski definition) is 4. The van der Waals surface area contributed by atoms with Crippen molar-refractivity contribution in [1.29, 1.82) is 0 Å². The van der Waals surface area contributed by atoms with Crippen molar-refractivity contribution in [1.82, 2.24) is 14.8 Å². The van der Waals surface area contributed by atoms with E-state index in [2.05, 4.69) is 15.2 Å². The van der Waals surface area contributed by atoms with E-state index in [1.54, 1.807) is 23.0 Å². The lowest BCUT2D eigenvalue weighted by Crippen LogP contribution is -2.15. The molecule has 2 aromatic heterocycles. The van der Waals surface area contributed by atoms with Crippen LogP contribution in [0.2, 0.25) is 0 Å². The van der Waals surface area contributed by atoms with E-state index < -0.39 is 0 Å². The molecule has 0 aliphatic carbocycles. The van der Waals surface area contributed by atoms with Crippen LogP contribution in [0.1, 0.15) is 11.4 Å². The highest BCUT2D eigenvalue weighted by Gasteiger charge is 2.04. The Morgan fingerprint density at radius 1 is 1.50 bits per heavy atom. The van der Waals surface area contributed by atoms with Crippen molar-refractivity contribution < 1.29 is 5.21 Å². The molecule has 16 heavy (non-hydrogen) atoms. The average molecular weight is 217 g/mol. The van der Waals surface area contributed by atoms with Crippen LogP contribution in [0.15, 0.2) is 35.7 Å². The van der Waals surface area contributed by atoms with Crippen LogP contribution in [0, 0.1) is 6.92 Å². The highest BCUT2D eigenvalue weighted by atomic mass is 16.4. The molecule has 0 aliphatic rings. The normalized spacial score (nSPS) is 11.7. The van der Waals surface area contributed by atoms with Crippen molar-refractivity contribution in [2.75, 3.05) is 0 Å². The van der Waals surface area contributed by atoms with E-state index in [4.69, 9.17) is 10.9 Å². The lowest BCUT2D eigenvalue weighted by molar-refractivity contribution is 0.318. The first-order chi connectivity index (χ1) is 7.70. The van der Waals surface area contributed by atoms with Crippen molar-refractivity contribution in [3.05, 3.63) is 42.0 Å². The molecular formula is C10H11N5O. The highest BCUT2D eigenvalue weighted by molar-refractivity contribution is 5.95. The van der Waals surface area contributed by atoms with Gasteiger partial charge < -0.3 is 10.9 Å². The number of nitrogens with zero attached hydrogens (tertiary/aromatic N) is 4. The van der Waals surface area contributed by atoms with Crippen LogP contribution in [0.25, 0.3) is 5.69 Å². The lowest BCUT2D eigenvalue weighted by atomic mass is 10.3. The zero-order valence-corrected chi connectivity index (χ0v) is 8.70. The fourth-order valence-electron chi connectivity index (χ4n) is 1.31. The van der Waals surface area contributed by atoms with Gasteiger partial charge in [-0.25, -0.2) is 4.68 Å². The number of pyridine rings is 1. The van der Waals surface area contributed by atoms with Gasteiger partial charge in [-0.3, -0.25) is 4.98 Å². The quantitative estimate of drug-likeness (QED) is 0.335. The largest absolute Gasteiger partial charge is 0.409 e. The SMILES string of the molecule is Cc1ccn(-c2ccnc(C(N)=NO)c2)n1. The number of rotatable bonds is 2. The number of amidine groups is 1. The Balaban J connectivity index is 2.43. The van der Waals surface area contributed by atoms with E-state index in [0.717, 1.165) is 11.4 Å². The third-order valence-electron chi connectivity index (χ3n) is 2.10. The van der Waals surface area contributed by atoms with Gasteiger partial charge in [0.15, 0.2) is 5.84 Å².